The van der Waals surface area contributed by atoms with Crippen molar-refractivity contribution in [3.63, 3.8) is 0 Å². The molecule has 1 aromatic rings. The largest absolute Gasteiger partial charge is 0.454 e. The van der Waals surface area contributed by atoms with E-state index in [1.165, 1.54) is 5.56 Å². The van der Waals surface area contributed by atoms with E-state index in [0.29, 0.717) is 19.2 Å². The minimum atomic E-state index is 0.112. The molecule has 0 aromatic heterocycles. The highest BCUT2D eigenvalue weighted by Gasteiger charge is 2.34. The number of hydrogen-bond donors (Lipinski definition) is 0. The quantitative estimate of drug-likeness (QED) is 0.793. The van der Waals surface area contributed by atoms with E-state index in [2.05, 4.69) is 40.8 Å². The number of nitrogens with zero attached hydrogens (tertiary/aromatic N) is 3. The minimum Gasteiger partial charge on any atom is -0.454 e. The number of piperidine rings is 1. The van der Waals surface area contributed by atoms with Crippen molar-refractivity contribution in [3.05, 3.63) is 23.8 Å². The smallest absolute Gasteiger partial charge is 0.236 e. The second-order valence-corrected chi connectivity index (χ2v) is 9.03. The molecule has 6 nitrogen and oxygen atoms in total. The predicted octanol–water partition coefficient (Wildman–Crippen LogP) is 2.22. The number of fused-ring (bicyclic) bond motifs is 1. The van der Waals surface area contributed by atoms with Crippen LogP contribution in [0.1, 0.15) is 31.7 Å². The Labute approximate surface area is 168 Å². The predicted molar refractivity (Wildman–Crippen MR) is 109 cm³/mol. The molecule has 1 atom stereocenters. The third kappa shape index (κ3) is 4.61. The summed E-state index contributed by atoms with van der Waals surface area (Å²) in [6.45, 7) is 9.12. The fourth-order valence-electron chi connectivity index (χ4n) is 4.77. The standard InChI is InChI=1S/C22H33N3O3/c1-22(14-18-5-6-19-20(13-18)28-17-27-19)7-3-10-25(16-22)21(26)15-24-9-4-8-23(2)11-12-24/h5-6,13H,3-4,7-12,14-17H2,1-2H3. The molecule has 4 rings (SSSR count). The van der Waals surface area contributed by atoms with Crippen LogP contribution in [0.4, 0.5) is 0 Å². The van der Waals surface area contributed by atoms with Crippen molar-refractivity contribution in [2.45, 2.75) is 32.6 Å². The topological polar surface area (TPSA) is 45.2 Å². The Morgan fingerprint density at radius 2 is 1.93 bits per heavy atom. The lowest BCUT2D eigenvalue weighted by Crippen LogP contribution is -2.49. The van der Waals surface area contributed by atoms with Gasteiger partial charge in [-0.15, -0.1) is 0 Å². The molecule has 1 unspecified atom stereocenters. The van der Waals surface area contributed by atoms with E-state index in [-0.39, 0.29) is 5.41 Å². The van der Waals surface area contributed by atoms with Crippen molar-refractivity contribution in [2.24, 2.45) is 5.41 Å². The normalized spacial score (nSPS) is 26.3. The first kappa shape index (κ1) is 19.5. The SMILES string of the molecule is CN1CCCN(CC(=O)N2CCCC(C)(Cc3ccc4c(c3)OCO4)C2)CC1. The summed E-state index contributed by atoms with van der Waals surface area (Å²) in [5, 5.41) is 0. The average molecular weight is 388 g/mol. The number of benzene rings is 1. The number of ether oxygens (including phenoxy) is 2. The second kappa shape index (κ2) is 8.29. The maximum Gasteiger partial charge on any atom is 0.236 e. The van der Waals surface area contributed by atoms with Gasteiger partial charge in [0.15, 0.2) is 11.5 Å². The highest BCUT2D eigenvalue weighted by molar-refractivity contribution is 5.78. The molecule has 2 fully saturated rings. The fourth-order valence-corrected chi connectivity index (χ4v) is 4.77. The molecule has 3 aliphatic heterocycles. The molecule has 154 valence electrons. The Morgan fingerprint density at radius 3 is 2.82 bits per heavy atom. The average Bonchev–Trinajstić information content (AvgIpc) is 3.03. The zero-order chi connectivity index (χ0) is 19.6. The third-order valence-corrected chi connectivity index (χ3v) is 6.37. The van der Waals surface area contributed by atoms with Crippen molar-refractivity contribution in [1.82, 2.24) is 14.7 Å². The Bertz CT molecular complexity index is 710. The Kier molecular flexibility index (Phi) is 5.78. The van der Waals surface area contributed by atoms with Crippen molar-refractivity contribution in [2.75, 3.05) is 59.7 Å². The van der Waals surface area contributed by atoms with Gasteiger partial charge < -0.3 is 19.3 Å². The van der Waals surface area contributed by atoms with Crippen LogP contribution in [0.25, 0.3) is 0 Å². The zero-order valence-electron chi connectivity index (χ0n) is 17.3. The van der Waals surface area contributed by atoms with Gasteiger partial charge in [0.05, 0.1) is 6.54 Å². The molecule has 0 aliphatic carbocycles. The van der Waals surface area contributed by atoms with Crippen molar-refractivity contribution in [3.8, 4) is 11.5 Å². The number of likely N-dealkylation sites (N-methyl/N-ethyl adjacent to an activating group) is 1. The van der Waals surface area contributed by atoms with E-state index in [1.807, 2.05) is 6.07 Å². The Balaban J connectivity index is 1.35. The molecule has 2 saturated heterocycles. The first-order chi connectivity index (χ1) is 13.5. The summed E-state index contributed by atoms with van der Waals surface area (Å²) < 4.78 is 10.9. The Morgan fingerprint density at radius 1 is 1.07 bits per heavy atom. The maximum absolute atomic E-state index is 13.0. The number of carbonyl (C=O) groups excluding carboxylic acids is 1. The van der Waals surface area contributed by atoms with Crippen molar-refractivity contribution in [1.29, 1.82) is 0 Å². The molecular weight excluding hydrogens is 354 g/mol. The molecule has 3 aliphatic rings. The lowest BCUT2D eigenvalue weighted by Gasteiger charge is -2.41. The molecule has 0 saturated carbocycles. The van der Waals surface area contributed by atoms with Gasteiger partial charge in [0.2, 0.25) is 12.7 Å². The molecule has 0 N–H and O–H groups in total. The van der Waals surface area contributed by atoms with E-state index in [4.69, 9.17) is 9.47 Å². The van der Waals surface area contributed by atoms with Crippen molar-refractivity contribution < 1.29 is 14.3 Å². The molecule has 1 aromatic carbocycles. The van der Waals surface area contributed by atoms with Crippen molar-refractivity contribution >= 4 is 5.91 Å². The van der Waals surface area contributed by atoms with Crippen LogP contribution in [0.5, 0.6) is 11.5 Å². The summed E-state index contributed by atoms with van der Waals surface area (Å²) in [5.74, 6) is 1.97. The van der Waals surface area contributed by atoms with E-state index < -0.39 is 0 Å². The minimum absolute atomic E-state index is 0.112. The third-order valence-electron chi connectivity index (χ3n) is 6.37. The lowest BCUT2D eigenvalue weighted by atomic mass is 9.77. The van der Waals surface area contributed by atoms with E-state index >= 15 is 0 Å². The van der Waals surface area contributed by atoms with Gasteiger partial charge in [-0.3, -0.25) is 9.69 Å². The molecular formula is C22H33N3O3. The molecule has 6 heteroatoms. The van der Waals surface area contributed by atoms with Crippen LogP contribution in [0.15, 0.2) is 18.2 Å². The molecule has 0 radical (unpaired) electrons. The van der Waals surface area contributed by atoms with E-state index in [9.17, 15) is 4.79 Å². The summed E-state index contributed by atoms with van der Waals surface area (Å²) in [5.41, 5.74) is 1.37. The van der Waals surface area contributed by atoms with Crippen LogP contribution in [-0.4, -0.2) is 80.3 Å². The van der Waals surface area contributed by atoms with Gasteiger partial charge in [-0.1, -0.05) is 13.0 Å². The number of hydrogen-bond acceptors (Lipinski definition) is 5. The number of rotatable bonds is 4. The summed E-state index contributed by atoms with van der Waals surface area (Å²) in [7, 11) is 2.16. The van der Waals surface area contributed by atoms with Gasteiger partial charge in [-0.2, -0.15) is 0 Å². The van der Waals surface area contributed by atoms with E-state index in [1.54, 1.807) is 0 Å². The van der Waals surface area contributed by atoms with Gasteiger partial charge >= 0.3 is 0 Å². The molecule has 0 spiro atoms. The first-order valence-electron chi connectivity index (χ1n) is 10.6. The number of amides is 1. The fraction of sp³-hybridized carbons (Fsp3) is 0.682. The van der Waals surface area contributed by atoms with Crippen LogP contribution < -0.4 is 9.47 Å². The second-order valence-electron chi connectivity index (χ2n) is 9.03. The van der Waals surface area contributed by atoms with Gasteiger partial charge in [0.1, 0.15) is 0 Å². The summed E-state index contributed by atoms with van der Waals surface area (Å²) in [6, 6.07) is 6.23. The van der Waals surface area contributed by atoms with Gasteiger partial charge in [-0.25, -0.2) is 0 Å². The van der Waals surface area contributed by atoms with Crippen LogP contribution in [0.2, 0.25) is 0 Å². The highest BCUT2D eigenvalue weighted by atomic mass is 16.7. The van der Waals surface area contributed by atoms with Crippen LogP contribution >= 0.6 is 0 Å². The van der Waals surface area contributed by atoms with Crippen LogP contribution in [-0.2, 0) is 11.2 Å². The monoisotopic (exact) mass is 387 g/mol. The van der Waals surface area contributed by atoms with E-state index in [0.717, 1.165) is 76.5 Å². The Hall–Kier alpha value is -1.79. The van der Waals surface area contributed by atoms with Gasteiger partial charge in [-0.05, 0) is 68.9 Å². The number of carbonyl (C=O) groups is 1. The summed E-state index contributed by atoms with van der Waals surface area (Å²) in [6.07, 6.45) is 4.34. The lowest BCUT2D eigenvalue weighted by molar-refractivity contribution is -0.135. The maximum atomic E-state index is 13.0. The molecule has 0 bridgehead atoms. The van der Waals surface area contributed by atoms with Gasteiger partial charge in [0, 0.05) is 26.2 Å². The molecule has 3 heterocycles. The summed E-state index contributed by atoms with van der Waals surface area (Å²) >= 11 is 0. The molecule has 28 heavy (non-hydrogen) atoms. The highest BCUT2D eigenvalue weighted by Crippen LogP contribution is 2.37. The van der Waals surface area contributed by atoms with Gasteiger partial charge in [0.25, 0.3) is 0 Å². The molecule has 1 amide bonds. The number of likely N-dealkylation sites (tertiary alicyclic amines) is 1. The zero-order valence-corrected chi connectivity index (χ0v) is 17.3. The van der Waals surface area contributed by atoms with Crippen LogP contribution in [0, 0.1) is 5.41 Å². The summed E-state index contributed by atoms with van der Waals surface area (Å²) in [4.78, 5) is 19.8. The first-order valence-corrected chi connectivity index (χ1v) is 10.6. The van der Waals surface area contributed by atoms with Crippen LogP contribution in [0.3, 0.4) is 0 Å².